The Morgan fingerprint density at radius 3 is 2.84 bits per heavy atom. The van der Waals surface area contributed by atoms with Crippen molar-refractivity contribution >= 4 is 34.0 Å². The number of nitriles is 1. The molecule has 1 aromatic rings. The molecule has 0 bridgehead atoms. The molecule has 0 heterocycles. The molecule has 1 aromatic carbocycles. The molecular formula is C13H11BrN2O3. The van der Waals surface area contributed by atoms with E-state index in [1.54, 1.807) is 31.2 Å². The summed E-state index contributed by atoms with van der Waals surface area (Å²) in [5, 5.41) is 10.9. The van der Waals surface area contributed by atoms with Crippen LogP contribution >= 0.6 is 15.9 Å². The molecule has 0 aromatic heterocycles. The molecule has 0 aliphatic heterocycles. The van der Waals surface area contributed by atoms with Gasteiger partial charge in [0.05, 0.1) is 6.61 Å². The summed E-state index contributed by atoms with van der Waals surface area (Å²) >= 11 is 3.29. The summed E-state index contributed by atoms with van der Waals surface area (Å²) in [6.45, 7) is 1.77. The minimum absolute atomic E-state index is 0.149. The second-order valence-electron chi connectivity index (χ2n) is 3.40. The summed E-state index contributed by atoms with van der Waals surface area (Å²) < 4.78 is 5.38. The van der Waals surface area contributed by atoms with E-state index in [-0.39, 0.29) is 12.2 Å². The number of hydrogen-bond acceptors (Lipinski definition) is 4. The summed E-state index contributed by atoms with van der Waals surface area (Å²) in [4.78, 5) is 22.7. The lowest BCUT2D eigenvalue weighted by Crippen LogP contribution is -2.31. The number of rotatable bonds is 3. The van der Waals surface area contributed by atoms with Gasteiger partial charge >= 0.3 is 6.09 Å². The van der Waals surface area contributed by atoms with Gasteiger partial charge in [0.15, 0.2) is 0 Å². The van der Waals surface area contributed by atoms with Crippen LogP contribution in [0.3, 0.4) is 0 Å². The van der Waals surface area contributed by atoms with Crippen LogP contribution < -0.4 is 5.32 Å². The van der Waals surface area contributed by atoms with E-state index < -0.39 is 12.0 Å². The molecular weight excluding hydrogens is 312 g/mol. The van der Waals surface area contributed by atoms with Gasteiger partial charge in [-0.15, -0.1) is 0 Å². The Morgan fingerprint density at radius 2 is 2.26 bits per heavy atom. The minimum atomic E-state index is -0.872. The molecule has 0 spiro atoms. The maximum Gasteiger partial charge on any atom is 0.414 e. The van der Waals surface area contributed by atoms with Gasteiger partial charge in [-0.3, -0.25) is 10.1 Å². The van der Waals surface area contributed by atoms with Crippen molar-refractivity contribution in [3.63, 3.8) is 0 Å². The van der Waals surface area contributed by atoms with E-state index in [9.17, 15) is 9.59 Å². The van der Waals surface area contributed by atoms with Crippen molar-refractivity contribution in [3.8, 4) is 6.07 Å². The van der Waals surface area contributed by atoms with Crippen LogP contribution in [0.25, 0.3) is 6.08 Å². The molecule has 0 fully saturated rings. The number of imide groups is 1. The Hall–Kier alpha value is -2.13. The molecule has 0 saturated carbocycles. The molecule has 5 nitrogen and oxygen atoms in total. The van der Waals surface area contributed by atoms with Gasteiger partial charge in [0.25, 0.3) is 5.91 Å². The highest BCUT2D eigenvalue weighted by Gasteiger charge is 2.13. The fourth-order valence-electron chi connectivity index (χ4n) is 1.24. The van der Waals surface area contributed by atoms with E-state index in [4.69, 9.17) is 5.26 Å². The number of amides is 2. The van der Waals surface area contributed by atoms with Crippen molar-refractivity contribution in [1.29, 1.82) is 5.26 Å². The van der Waals surface area contributed by atoms with E-state index in [2.05, 4.69) is 20.7 Å². The molecule has 6 heteroatoms. The van der Waals surface area contributed by atoms with Crippen LogP contribution in [0.2, 0.25) is 0 Å². The Labute approximate surface area is 119 Å². The SMILES string of the molecule is CCOC(=O)NC(=O)/C(C#N)=C\c1cccc(Br)c1. The van der Waals surface area contributed by atoms with E-state index in [0.717, 1.165) is 4.47 Å². The number of hydrogen-bond donors (Lipinski definition) is 1. The van der Waals surface area contributed by atoms with Crippen molar-refractivity contribution < 1.29 is 14.3 Å². The van der Waals surface area contributed by atoms with E-state index in [0.29, 0.717) is 5.56 Å². The number of ether oxygens (including phenoxy) is 1. The molecule has 98 valence electrons. The fourth-order valence-corrected chi connectivity index (χ4v) is 1.66. The van der Waals surface area contributed by atoms with E-state index in [1.165, 1.54) is 6.08 Å². The fraction of sp³-hybridized carbons (Fsp3) is 0.154. The van der Waals surface area contributed by atoms with Gasteiger partial charge in [0, 0.05) is 4.47 Å². The van der Waals surface area contributed by atoms with Crippen LogP contribution in [0, 0.1) is 11.3 Å². The zero-order valence-corrected chi connectivity index (χ0v) is 11.7. The summed E-state index contributed by atoms with van der Waals surface area (Å²) in [5.41, 5.74) is 0.496. The molecule has 1 rings (SSSR count). The molecule has 0 aliphatic carbocycles. The molecule has 0 radical (unpaired) electrons. The van der Waals surface area contributed by atoms with E-state index >= 15 is 0 Å². The first-order chi connectivity index (χ1) is 9.06. The maximum absolute atomic E-state index is 11.6. The van der Waals surface area contributed by atoms with Crippen molar-refractivity contribution in [2.24, 2.45) is 0 Å². The number of halogens is 1. The second-order valence-corrected chi connectivity index (χ2v) is 4.32. The Balaban J connectivity index is 2.86. The minimum Gasteiger partial charge on any atom is -0.450 e. The van der Waals surface area contributed by atoms with Crippen LogP contribution in [0.4, 0.5) is 4.79 Å². The zero-order chi connectivity index (χ0) is 14.3. The van der Waals surface area contributed by atoms with E-state index in [1.807, 2.05) is 11.4 Å². The Kier molecular flexibility index (Phi) is 5.76. The lowest BCUT2D eigenvalue weighted by atomic mass is 10.1. The van der Waals surface area contributed by atoms with Gasteiger partial charge in [0.2, 0.25) is 0 Å². The number of nitrogens with one attached hydrogen (secondary N) is 1. The number of carbonyl (C=O) groups excluding carboxylic acids is 2. The highest BCUT2D eigenvalue weighted by molar-refractivity contribution is 9.10. The topological polar surface area (TPSA) is 79.2 Å². The lowest BCUT2D eigenvalue weighted by molar-refractivity contribution is -0.116. The predicted octanol–water partition coefficient (Wildman–Crippen LogP) is 2.63. The van der Waals surface area contributed by atoms with Crippen molar-refractivity contribution in [3.05, 3.63) is 39.9 Å². The largest absolute Gasteiger partial charge is 0.450 e. The summed E-state index contributed by atoms with van der Waals surface area (Å²) in [6, 6.07) is 8.82. The zero-order valence-electron chi connectivity index (χ0n) is 10.1. The van der Waals surface area contributed by atoms with Gasteiger partial charge in [-0.2, -0.15) is 5.26 Å². The Bertz CT molecular complexity index is 561. The average molecular weight is 323 g/mol. The van der Waals surface area contributed by atoms with Gasteiger partial charge < -0.3 is 4.74 Å². The second kappa shape index (κ2) is 7.34. The van der Waals surface area contributed by atoms with Crippen molar-refractivity contribution in [1.82, 2.24) is 5.32 Å². The van der Waals surface area contributed by atoms with Crippen molar-refractivity contribution in [2.45, 2.75) is 6.92 Å². The molecule has 1 N–H and O–H groups in total. The maximum atomic E-state index is 11.6. The number of alkyl carbamates (subject to hydrolysis) is 1. The third kappa shape index (κ3) is 4.94. The predicted molar refractivity (Wildman–Crippen MR) is 72.9 cm³/mol. The number of carbonyl (C=O) groups is 2. The van der Waals surface area contributed by atoms with Gasteiger partial charge in [-0.25, -0.2) is 4.79 Å². The molecule has 0 atom stereocenters. The van der Waals surface area contributed by atoms with Crippen LogP contribution in [0.1, 0.15) is 12.5 Å². The molecule has 2 amide bonds. The number of benzene rings is 1. The summed E-state index contributed by atoms with van der Waals surface area (Å²) in [7, 11) is 0. The summed E-state index contributed by atoms with van der Waals surface area (Å²) in [6.07, 6.45) is 0.516. The molecule has 19 heavy (non-hydrogen) atoms. The van der Waals surface area contributed by atoms with Crippen LogP contribution in [-0.4, -0.2) is 18.6 Å². The molecule has 0 unspecified atom stereocenters. The monoisotopic (exact) mass is 322 g/mol. The third-order valence-corrected chi connectivity index (χ3v) is 2.51. The third-order valence-electron chi connectivity index (χ3n) is 2.02. The first kappa shape index (κ1) is 14.9. The van der Waals surface area contributed by atoms with Gasteiger partial charge in [0.1, 0.15) is 11.6 Å². The highest BCUT2D eigenvalue weighted by atomic mass is 79.9. The van der Waals surface area contributed by atoms with Crippen LogP contribution in [-0.2, 0) is 9.53 Å². The quantitative estimate of drug-likeness (QED) is 0.685. The van der Waals surface area contributed by atoms with Gasteiger partial charge in [-0.1, -0.05) is 28.1 Å². The molecule has 0 aliphatic rings. The standard InChI is InChI=1S/C13H11BrN2O3/c1-2-19-13(18)16-12(17)10(8-15)6-9-4-3-5-11(14)7-9/h3-7H,2H2,1H3,(H,16,17,18)/b10-6-. The van der Waals surface area contributed by atoms with Crippen LogP contribution in [0.15, 0.2) is 34.3 Å². The molecule has 0 saturated heterocycles. The smallest absolute Gasteiger partial charge is 0.414 e. The summed E-state index contributed by atoms with van der Waals surface area (Å²) in [5.74, 6) is -0.791. The highest BCUT2D eigenvalue weighted by Crippen LogP contribution is 2.14. The van der Waals surface area contributed by atoms with Crippen molar-refractivity contribution in [2.75, 3.05) is 6.61 Å². The normalized spacial score (nSPS) is 10.5. The average Bonchev–Trinajstić information content (AvgIpc) is 2.36. The first-order valence-corrected chi connectivity index (χ1v) is 6.21. The first-order valence-electron chi connectivity index (χ1n) is 5.42. The van der Waals surface area contributed by atoms with Crippen LogP contribution in [0.5, 0.6) is 0 Å². The lowest BCUT2D eigenvalue weighted by Gasteiger charge is -2.03. The van der Waals surface area contributed by atoms with Gasteiger partial charge in [-0.05, 0) is 30.7 Å². The number of nitrogens with zero attached hydrogens (tertiary/aromatic N) is 1. The Morgan fingerprint density at radius 1 is 1.53 bits per heavy atom.